The van der Waals surface area contributed by atoms with E-state index in [-0.39, 0.29) is 11.8 Å². The second-order valence-corrected chi connectivity index (χ2v) is 4.27. The van der Waals surface area contributed by atoms with Gasteiger partial charge in [0.2, 0.25) is 0 Å². The van der Waals surface area contributed by atoms with Gasteiger partial charge in [-0.05, 0) is 30.0 Å². The van der Waals surface area contributed by atoms with Crippen LogP contribution in [0.5, 0.6) is 5.75 Å². The smallest absolute Gasteiger partial charge is 0.115 e. The van der Waals surface area contributed by atoms with Crippen molar-refractivity contribution >= 4 is 17.2 Å². The van der Waals surface area contributed by atoms with Crippen LogP contribution >= 0.6 is 12.2 Å². The van der Waals surface area contributed by atoms with E-state index in [2.05, 4.69) is 6.92 Å². The second-order valence-electron chi connectivity index (χ2n) is 3.80. The Balaban J connectivity index is 2.97. The van der Waals surface area contributed by atoms with E-state index in [4.69, 9.17) is 18.0 Å². The molecule has 2 unspecified atom stereocenters. The average molecular weight is 223 g/mol. The van der Waals surface area contributed by atoms with E-state index in [1.165, 1.54) is 0 Å². The van der Waals surface area contributed by atoms with Crippen LogP contribution in [0.25, 0.3) is 0 Å². The average Bonchev–Trinajstić information content (AvgIpc) is 2.18. The molecule has 0 aromatic heterocycles. The maximum Gasteiger partial charge on any atom is 0.115 e. The van der Waals surface area contributed by atoms with E-state index in [1.54, 1.807) is 12.1 Å². The zero-order valence-electron chi connectivity index (χ0n) is 9.10. The monoisotopic (exact) mass is 223 g/mol. The fourth-order valence-corrected chi connectivity index (χ4v) is 2.00. The molecule has 82 valence electrons. The van der Waals surface area contributed by atoms with Crippen molar-refractivity contribution in [1.29, 1.82) is 0 Å². The van der Waals surface area contributed by atoms with Gasteiger partial charge in [-0.15, -0.1) is 0 Å². The number of benzene rings is 1. The molecule has 2 atom stereocenters. The third-order valence-corrected chi connectivity index (χ3v) is 3.16. The van der Waals surface area contributed by atoms with Crippen molar-refractivity contribution in [3.63, 3.8) is 0 Å². The molecule has 3 N–H and O–H groups in total. The molecule has 0 saturated carbocycles. The van der Waals surface area contributed by atoms with Gasteiger partial charge in [0.1, 0.15) is 5.75 Å². The summed E-state index contributed by atoms with van der Waals surface area (Å²) in [6.45, 7) is 4.13. The molecule has 0 fully saturated rings. The van der Waals surface area contributed by atoms with Crippen molar-refractivity contribution in [1.82, 2.24) is 0 Å². The highest BCUT2D eigenvalue weighted by atomic mass is 32.1. The van der Waals surface area contributed by atoms with Crippen molar-refractivity contribution in [2.45, 2.75) is 26.2 Å². The maximum atomic E-state index is 9.41. The Hall–Kier alpha value is -1.09. The molecule has 0 spiro atoms. The highest BCUT2D eigenvalue weighted by molar-refractivity contribution is 7.80. The van der Waals surface area contributed by atoms with Gasteiger partial charge in [-0.3, -0.25) is 0 Å². The van der Waals surface area contributed by atoms with Crippen LogP contribution in [0.2, 0.25) is 0 Å². The van der Waals surface area contributed by atoms with Crippen molar-refractivity contribution in [2.75, 3.05) is 0 Å². The summed E-state index contributed by atoms with van der Waals surface area (Å²) < 4.78 is 0. The van der Waals surface area contributed by atoms with Gasteiger partial charge in [-0.2, -0.15) is 0 Å². The number of hydrogen-bond donors (Lipinski definition) is 2. The Morgan fingerprint density at radius 3 is 2.67 bits per heavy atom. The number of nitrogens with two attached hydrogens (primary N) is 1. The van der Waals surface area contributed by atoms with Gasteiger partial charge >= 0.3 is 0 Å². The molecule has 0 bridgehead atoms. The maximum absolute atomic E-state index is 9.41. The van der Waals surface area contributed by atoms with Crippen LogP contribution in [0.1, 0.15) is 31.7 Å². The molecule has 1 aromatic rings. The number of aromatic hydroxyl groups is 1. The van der Waals surface area contributed by atoms with E-state index in [0.717, 1.165) is 12.0 Å². The van der Waals surface area contributed by atoms with Crippen molar-refractivity contribution in [3.05, 3.63) is 29.8 Å². The second kappa shape index (κ2) is 5.12. The lowest BCUT2D eigenvalue weighted by Crippen LogP contribution is -2.24. The van der Waals surface area contributed by atoms with E-state index in [9.17, 15) is 5.11 Å². The topological polar surface area (TPSA) is 46.2 Å². The van der Waals surface area contributed by atoms with Gasteiger partial charge in [0.25, 0.3) is 0 Å². The molecule has 1 aromatic carbocycles. The number of phenols is 1. The molecule has 0 radical (unpaired) electrons. The zero-order chi connectivity index (χ0) is 11.4. The summed E-state index contributed by atoms with van der Waals surface area (Å²) >= 11 is 5.01. The number of phenolic OH excluding ortho intramolecular Hbond substituents is 1. The van der Waals surface area contributed by atoms with Crippen molar-refractivity contribution in [2.24, 2.45) is 11.7 Å². The summed E-state index contributed by atoms with van der Waals surface area (Å²) in [4.78, 5) is 0.533. The van der Waals surface area contributed by atoms with Gasteiger partial charge in [-0.1, -0.05) is 38.2 Å². The lowest BCUT2D eigenvalue weighted by Gasteiger charge is -2.22. The normalized spacial score (nSPS) is 14.5. The third-order valence-electron chi connectivity index (χ3n) is 2.79. The summed E-state index contributed by atoms with van der Waals surface area (Å²) in [5.41, 5.74) is 6.75. The first-order chi connectivity index (χ1) is 7.06. The highest BCUT2D eigenvalue weighted by Crippen LogP contribution is 2.29. The Bertz CT molecular complexity index is 351. The molecule has 3 heteroatoms. The van der Waals surface area contributed by atoms with Crippen LogP contribution in [-0.2, 0) is 0 Å². The van der Waals surface area contributed by atoms with Crippen LogP contribution in [-0.4, -0.2) is 10.1 Å². The number of rotatable bonds is 4. The fourth-order valence-electron chi connectivity index (χ4n) is 1.83. The molecule has 0 aliphatic carbocycles. The molecule has 1 rings (SSSR count). The van der Waals surface area contributed by atoms with Crippen LogP contribution < -0.4 is 5.73 Å². The predicted octanol–water partition coefficient (Wildman–Crippen LogP) is 2.81. The van der Waals surface area contributed by atoms with E-state index >= 15 is 0 Å². The summed E-state index contributed by atoms with van der Waals surface area (Å²) in [7, 11) is 0. The van der Waals surface area contributed by atoms with E-state index in [1.807, 2.05) is 19.1 Å². The summed E-state index contributed by atoms with van der Waals surface area (Å²) in [6.07, 6.45) is 0.960. The molecule has 0 aliphatic rings. The van der Waals surface area contributed by atoms with Gasteiger partial charge in [-0.25, -0.2) is 0 Å². The van der Waals surface area contributed by atoms with E-state index in [0.29, 0.717) is 10.7 Å². The Morgan fingerprint density at radius 1 is 1.53 bits per heavy atom. The lowest BCUT2D eigenvalue weighted by atomic mass is 9.85. The number of thiocarbonyl (C=S) groups is 1. The SMILES string of the molecule is CCC(c1cccc(O)c1)C(C)C(N)=S. The van der Waals surface area contributed by atoms with Gasteiger partial charge in [0, 0.05) is 5.92 Å². The van der Waals surface area contributed by atoms with Gasteiger partial charge in [0.15, 0.2) is 0 Å². The van der Waals surface area contributed by atoms with Gasteiger partial charge in [0.05, 0.1) is 4.99 Å². The molecular weight excluding hydrogens is 206 g/mol. The molecule has 0 saturated heterocycles. The lowest BCUT2D eigenvalue weighted by molar-refractivity contribution is 0.471. The summed E-state index contributed by atoms with van der Waals surface area (Å²) in [5.74, 6) is 0.738. The summed E-state index contributed by atoms with van der Waals surface area (Å²) in [5, 5.41) is 9.41. The third kappa shape index (κ3) is 2.93. The van der Waals surface area contributed by atoms with Crippen molar-refractivity contribution < 1.29 is 5.11 Å². The van der Waals surface area contributed by atoms with Crippen LogP contribution in [0.3, 0.4) is 0 Å². The predicted molar refractivity (Wildman–Crippen MR) is 67.1 cm³/mol. The standard InChI is InChI=1S/C12H17NOS/c1-3-11(8(2)12(13)15)9-5-4-6-10(14)7-9/h4-8,11,14H,3H2,1-2H3,(H2,13,15). The molecule has 2 nitrogen and oxygen atoms in total. The first-order valence-corrected chi connectivity index (χ1v) is 5.55. The van der Waals surface area contributed by atoms with Gasteiger partial charge < -0.3 is 10.8 Å². The molecule has 0 aliphatic heterocycles. The Labute approximate surface area is 96.1 Å². The van der Waals surface area contributed by atoms with E-state index < -0.39 is 0 Å². The molecule has 15 heavy (non-hydrogen) atoms. The van der Waals surface area contributed by atoms with Crippen molar-refractivity contribution in [3.8, 4) is 5.75 Å². The quantitative estimate of drug-likeness (QED) is 0.772. The first-order valence-electron chi connectivity index (χ1n) is 5.14. The van der Waals surface area contributed by atoms with Crippen LogP contribution in [0.4, 0.5) is 0 Å². The minimum Gasteiger partial charge on any atom is -0.508 e. The minimum atomic E-state index is 0.159. The number of hydrogen-bond acceptors (Lipinski definition) is 2. The molecular formula is C12H17NOS. The molecule has 0 heterocycles. The summed E-state index contributed by atoms with van der Waals surface area (Å²) in [6, 6.07) is 7.30. The fraction of sp³-hybridized carbons (Fsp3) is 0.417. The van der Waals surface area contributed by atoms with Crippen LogP contribution in [0, 0.1) is 5.92 Å². The first kappa shape index (κ1) is 12.0. The highest BCUT2D eigenvalue weighted by Gasteiger charge is 2.19. The Kier molecular flexibility index (Phi) is 4.09. The minimum absolute atomic E-state index is 0.159. The largest absolute Gasteiger partial charge is 0.508 e. The Morgan fingerprint density at radius 2 is 2.20 bits per heavy atom. The van der Waals surface area contributed by atoms with Crippen LogP contribution in [0.15, 0.2) is 24.3 Å². The zero-order valence-corrected chi connectivity index (χ0v) is 9.92. The molecule has 0 amide bonds.